The zero-order valence-corrected chi connectivity index (χ0v) is 14.7. The molecule has 1 aromatic heterocycles. The molecule has 3 aromatic rings. The number of hydrogen-bond donors (Lipinski definition) is 2. The van der Waals surface area contributed by atoms with E-state index in [2.05, 4.69) is 39.1 Å². The summed E-state index contributed by atoms with van der Waals surface area (Å²) in [6, 6.07) is 12.2. The second-order valence-corrected chi connectivity index (χ2v) is 7.02. The molecule has 0 aliphatic carbocycles. The van der Waals surface area contributed by atoms with Gasteiger partial charge in [0.1, 0.15) is 23.2 Å². The molecule has 1 fully saturated rings. The van der Waals surface area contributed by atoms with Crippen LogP contribution in [0, 0.1) is 6.92 Å². The number of imidazole rings is 1. The largest absolute Gasteiger partial charge is 0.454 e. The number of aromatic nitrogens is 2. The molecule has 0 radical (unpaired) electrons. The van der Waals surface area contributed by atoms with Crippen LogP contribution >= 0.6 is 0 Å². The Morgan fingerprint density at radius 2 is 1.88 bits per heavy atom. The quantitative estimate of drug-likeness (QED) is 0.737. The van der Waals surface area contributed by atoms with E-state index in [-0.39, 0.29) is 0 Å². The smallest absolute Gasteiger partial charge is 0.161 e. The summed E-state index contributed by atoms with van der Waals surface area (Å²) in [6.45, 7) is 4.17. The van der Waals surface area contributed by atoms with Gasteiger partial charge in [-0.2, -0.15) is 0 Å². The molecule has 0 amide bonds. The molecule has 5 nitrogen and oxygen atoms in total. The standard InChI is InChI=1S/C21H21N3O2/c1-13-22-17-9-8-16-18(25)12-19(26-21(16)20(17)23-13)14-4-6-15(7-5-14)24-10-2-3-11-24/h4-9,12,18,25H,2-3,10-11H2,1H3,(H,22,23). The molecule has 1 atom stereocenters. The van der Waals surface area contributed by atoms with Crippen LogP contribution in [0.15, 0.2) is 42.5 Å². The van der Waals surface area contributed by atoms with E-state index in [1.165, 1.54) is 18.5 Å². The number of ether oxygens (including phenoxy) is 1. The van der Waals surface area contributed by atoms with Gasteiger partial charge in [-0.25, -0.2) is 4.98 Å². The first-order valence-corrected chi connectivity index (χ1v) is 9.11. The Balaban J connectivity index is 1.50. The monoisotopic (exact) mass is 347 g/mol. The highest BCUT2D eigenvalue weighted by Crippen LogP contribution is 2.40. The average molecular weight is 347 g/mol. The number of aryl methyl sites for hydroxylation is 1. The van der Waals surface area contributed by atoms with Gasteiger partial charge in [0.25, 0.3) is 0 Å². The van der Waals surface area contributed by atoms with E-state index in [4.69, 9.17) is 4.74 Å². The molecule has 3 heterocycles. The molecule has 5 rings (SSSR count). The number of nitrogens with one attached hydrogen (secondary N) is 1. The minimum absolute atomic E-state index is 0.639. The highest BCUT2D eigenvalue weighted by Gasteiger charge is 2.24. The lowest BCUT2D eigenvalue weighted by molar-refractivity contribution is 0.217. The van der Waals surface area contributed by atoms with E-state index in [9.17, 15) is 5.11 Å². The van der Waals surface area contributed by atoms with Gasteiger partial charge in [0, 0.05) is 29.9 Å². The molecule has 2 aliphatic heterocycles. The Bertz CT molecular complexity index is 998. The van der Waals surface area contributed by atoms with Crippen LogP contribution in [-0.2, 0) is 0 Å². The van der Waals surface area contributed by atoms with E-state index in [1.807, 2.05) is 19.1 Å². The Morgan fingerprint density at radius 3 is 2.65 bits per heavy atom. The fraction of sp³-hybridized carbons (Fsp3) is 0.286. The van der Waals surface area contributed by atoms with Gasteiger partial charge in [-0.3, -0.25) is 0 Å². The average Bonchev–Trinajstić information content (AvgIpc) is 3.30. The summed E-state index contributed by atoms with van der Waals surface area (Å²) in [7, 11) is 0. The minimum Gasteiger partial charge on any atom is -0.454 e. The molecule has 1 saturated heterocycles. The van der Waals surface area contributed by atoms with Crippen molar-refractivity contribution in [2.75, 3.05) is 18.0 Å². The lowest BCUT2D eigenvalue weighted by Gasteiger charge is -2.23. The van der Waals surface area contributed by atoms with Gasteiger partial charge in [-0.15, -0.1) is 0 Å². The van der Waals surface area contributed by atoms with Crippen LogP contribution in [0.4, 0.5) is 5.69 Å². The third-order valence-electron chi connectivity index (χ3n) is 5.22. The number of aliphatic hydroxyl groups excluding tert-OH is 1. The normalized spacial score (nSPS) is 19.4. The number of rotatable bonds is 2. The molecule has 0 spiro atoms. The van der Waals surface area contributed by atoms with Gasteiger partial charge in [0.15, 0.2) is 5.75 Å². The molecule has 2 aliphatic rings. The van der Waals surface area contributed by atoms with Crippen LogP contribution in [0.2, 0.25) is 0 Å². The summed E-state index contributed by atoms with van der Waals surface area (Å²) in [6.07, 6.45) is 3.59. The topological polar surface area (TPSA) is 61.4 Å². The maximum Gasteiger partial charge on any atom is 0.161 e. The van der Waals surface area contributed by atoms with Crippen molar-refractivity contribution in [3.63, 3.8) is 0 Å². The second-order valence-electron chi connectivity index (χ2n) is 7.02. The van der Waals surface area contributed by atoms with E-state index in [1.54, 1.807) is 6.08 Å². The van der Waals surface area contributed by atoms with Crippen LogP contribution < -0.4 is 9.64 Å². The highest BCUT2D eigenvalue weighted by atomic mass is 16.5. The number of anilines is 1. The third kappa shape index (κ3) is 2.47. The third-order valence-corrected chi connectivity index (χ3v) is 5.22. The van der Waals surface area contributed by atoms with Crippen molar-refractivity contribution in [1.82, 2.24) is 9.97 Å². The zero-order valence-electron chi connectivity index (χ0n) is 14.7. The maximum atomic E-state index is 10.6. The Hall–Kier alpha value is -2.79. The van der Waals surface area contributed by atoms with Crippen molar-refractivity contribution in [3.05, 3.63) is 59.4 Å². The van der Waals surface area contributed by atoms with Gasteiger partial charge in [0.2, 0.25) is 0 Å². The first kappa shape index (κ1) is 15.5. The summed E-state index contributed by atoms with van der Waals surface area (Å²) in [5.41, 5.74) is 4.63. The van der Waals surface area contributed by atoms with Crippen molar-refractivity contribution in [2.45, 2.75) is 25.9 Å². The Labute approximate surface area is 151 Å². The molecule has 1 unspecified atom stereocenters. The fourth-order valence-electron chi connectivity index (χ4n) is 3.87. The van der Waals surface area contributed by atoms with Crippen molar-refractivity contribution >= 4 is 22.5 Å². The van der Waals surface area contributed by atoms with Crippen LogP contribution in [0.3, 0.4) is 0 Å². The van der Waals surface area contributed by atoms with Crippen molar-refractivity contribution in [3.8, 4) is 5.75 Å². The highest BCUT2D eigenvalue weighted by molar-refractivity contribution is 5.86. The van der Waals surface area contributed by atoms with Crippen molar-refractivity contribution in [1.29, 1.82) is 0 Å². The number of benzene rings is 2. The summed E-state index contributed by atoms with van der Waals surface area (Å²) >= 11 is 0. The number of nitrogens with zero attached hydrogens (tertiary/aromatic N) is 2. The number of aliphatic hydroxyl groups is 1. The lowest BCUT2D eigenvalue weighted by Crippen LogP contribution is -2.17. The van der Waals surface area contributed by atoms with Gasteiger partial charge in [-0.05, 0) is 56.2 Å². The molecular weight excluding hydrogens is 326 g/mol. The number of fused-ring (bicyclic) bond motifs is 3. The van der Waals surface area contributed by atoms with Crippen molar-refractivity contribution < 1.29 is 9.84 Å². The van der Waals surface area contributed by atoms with Crippen LogP contribution in [-0.4, -0.2) is 28.2 Å². The maximum absolute atomic E-state index is 10.6. The van der Waals surface area contributed by atoms with E-state index < -0.39 is 6.10 Å². The number of aromatic amines is 1. The summed E-state index contributed by atoms with van der Waals surface area (Å²) < 4.78 is 6.19. The van der Waals surface area contributed by atoms with E-state index >= 15 is 0 Å². The summed E-state index contributed by atoms with van der Waals surface area (Å²) in [5.74, 6) is 2.14. The second kappa shape index (κ2) is 5.88. The lowest BCUT2D eigenvalue weighted by atomic mass is 10.0. The molecular formula is C21H21N3O2. The SMILES string of the molecule is Cc1nc2c3c(ccc2[nH]1)C(O)C=C(c1ccc(N2CCCC2)cc1)O3. The van der Waals surface area contributed by atoms with E-state index in [0.29, 0.717) is 11.5 Å². The first-order valence-electron chi connectivity index (χ1n) is 9.11. The summed E-state index contributed by atoms with van der Waals surface area (Å²) in [4.78, 5) is 10.2. The summed E-state index contributed by atoms with van der Waals surface area (Å²) in [5, 5.41) is 10.6. The molecule has 2 N–H and O–H groups in total. The van der Waals surface area contributed by atoms with Gasteiger partial charge < -0.3 is 19.7 Å². The Morgan fingerprint density at radius 1 is 1.12 bits per heavy atom. The van der Waals surface area contributed by atoms with Crippen molar-refractivity contribution in [2.24, 2.45) is 0 Å². The number of H-pyrrole nitrogens is 1. The molecule has 132 valence electrons. The van der Waals surface area contributed by atoms with Gasteiger partial charge in [-0.1, -0.05) is 6.07 Å². The number of hydrogen-bond acceptors (Lipinski definition) is 4. The predicted molar refractivity (Wildman–Crippen MR) is 102 cm³/mol. The van der Waals surface area contributed by atoms with Crippen LogP contribution in [0.25, 0.3) is 16.8 Å². The first-order chi connectivity index (χ1) is 12.7. The van der Waals surface area contributed by atoms with Gasteiger partial charge >= 0.3 is 0 Å². The molecule has 2 aromatic carbocycles. The molecule has 0 bridgehead atoms. The van der Waals surface area contributed by atoms with Crippen LogP contribution in [0.5, 0.6) is 5.75 Å². The van der Waals surface area contributed by atoms with E-state index in [0.717, 1.165) is 41.1 Å². The molecule has 5 heteroatoms. The molecule has 0 saturated carbocycles. The zero-order chi connectivity index (χ0) is 17.7. The fourth-order valence-corrected chi connectivity index (χ4v) is 3.87. The predicted octanol–water partition coefficient (Wildman–Crippen LogP) is 3.94. The Kier molecular flexibility index (Phi) is 3.50. The minimum atomic E-state index is -0.701. The van der Waals surface area contributed by atoms with Gasteiger partial charge in [0.05, 0.1) is 5.52 Å². The molecule has 26 heavy (non-hydrogen) atoms. The van der Waals surface area contributed by atoms with Crippen LogP contribution in [0.1, 0.15) is 35.9 Å².